The van der Waals surface area contributed by atoms with Gasteiger partial charge in [0.05, 0.1) is 17.3 Å². The largest absolute Gasteiger partial charge is 0.380 e. The minimum atomic E-state index is -3.23. The second-order valence-electron chi connectivity index (χ2n) is 5.58. The van der Waals surface area contributed by atoms with Gasteiger partial charge < -0.3 is 10.1 Å². The summed E-state index contributed by atoms with van der Waals surface area (Å²) in [5.41, 5.74) is 1.06. The van der Waals surface area contributed by atoms with E-state index in [0.717, 1.165) is 25.0 Å². The van der Waals surface area contributed by atoms with E-state index in [-0.39, 0.29) is 17.8 Å². The van der Waals surface area contributed by atoms with Gasteiger partial charge in [-0.15, -0.1) is 0 Å². The van der Waals surface area contributed by atoms with Gasteiger partial charge in [-0.05, 0) is 38.8 Å². The lowest BCUT2D eigenvalue weighted by atomic mass is 10.1. The summed E-state index contributed by atoms with van der Waals surface area (Å²) in [5, 5.41) is 3.35. The molecule has 0 unspecified atom stereocenters. The fourth-order valence-corrected chi connectivity index (χ4v) is 3.99. The van der Waals surface area contributed by atoms with Gasteiger partial charge in [0.15, 0.2) is 9.84 Å². The standard InChI is InChI=1S/C15H23NO3S/c1-12-5-7-15(8-6-12)20(17,18)11-13(2)16-14-4-3-9-19-10-14/h5-8,13-14,16H,3-4,9-11H2,1-2H3/t13-,14-/m1/s1. The predicted molar refractivity (Wildman–Crippen MR) is 79.7 cm³/mol. The first kappa shape index (κ1) is 15.5. The van der Waals surface area contributed by atoms with Crippen LogP contribution in [0.25, 0.3) is 0 Å². The molecule has 2 atom stereocenters. The zero-order valence-electron chi connectivity index (χ0n) is 12.1. The van der Waals surface area contributed by atoms with E-state index < -0.39 is 9.84 Å². The molecular formula is C15H23NO3S. The summed E-state index contributed by atoms with van der Waals surface area (Å²) in [6.45, 7) is 5.35. The Morgan fingerprint density at radius 2 is 2.05 bits per heavy atom. The van der Waals surface area contributed by atoms with Crippen molar-refractivity contribution in [3.8, 4) is 0 Å². The molecule has 0 aliphatic carbocycles. The van der Waals surface area contributed by atoms with Gasteiger partial charge in [0.25, 0.3) is 0 Å². The van der Waals surface area contributed by atoms with Crippen LogP contribution in [0.5, 0.6) is 0 Å². The number of rotatable bonds is 5. The van der Waals surface area contributed by atoms with E-state index in [1.807, 2.05) is 26.0 Å². The highest BCUT2D eigenvalue weighted by atomic mass is 32.2. The fraction of sp³-hybridized carbons (Fsp3) is 0.600. The van der Waals surface area contributed by atoms with Gasteiger partial charge in [0.1, 0.15) is 0 Å². The van der Waals surface area contributed by atoms with Crippen LogP contribution < -0.4 is 5.32 Å². The fourth-order valence-electron chi connectivity index (χ4n) is 2.49. The Bertz CT molecular complexity index is 519. The quantitative estimate of drug-likeness (QED) is 0.902. The topological polar surface area (TPSA) is 55.4 Å². The zero-order valence-corrected chi connectivity index (χ0v) is 12.9. The molecule has 1 aliphatic heterocycles. The maximum Gasteiger partial charge on any atom is 0.179 e. The Morgan fingerprint density at radius 1 is 1.35 bits per heavy atom. The molecule has 0 spiro atoms. The minimum Gasteiger partial charge on any atom is -0.380 e. The molecular weight excluding hydrogens is 274 g/mol. The molecule has 0 aromatic heterocycles. The molecule has 1 aliphatic rings. The summed E-state index contributed by atoms with van der Waals surface area (Å²) < 4.78 is 30.0. The molecule has 1 heterocycles. The lowest BCUT2D eigenvalue weighted by Crippen LogP contribution is -2.44. The van der Waals surface area contributed by atoms with Crippen LogP contribution >= 0.6 is 0 Å². The predicted octanol–water partition coefficient (Wildman–Crippen LogP) is 1.93. The molecule has 5 heteroatoms. The third-order valence-corrected chi connectivity index (χ3v) is 5.46. The highest BCUT2D eigenvalue weighted by molar-refractivity contribution is 7.91. The van der Waals surface area contributed by atoms with E-state index >= 15 is 0 Å². The lowest BCUT2D eigenvalue weighted by molar-refractivity contribution is 0.0679. The Hall–Kier alpha value is -0.910. The molecule has 4 nitrogen and oxygen atoms in total. The molecule has 112 valence electrons. The van der Waals surface area contributed by atoms with Crippen LogP contribution in [0, 0.1) is 6.92 Å². The molecule has 2 rings (SSSR count). The van der Waals surface area contributed by atoms with Gasteiger partial charge in [0.2, 0.25) is 0 Å². The molecule has 1 N–H and O–H groups in total. The minimum absolute atomic E-state index is 0.0759. The summed E-state index contributed by atoms with van der Waals surface area (Å²) in [4.78, 5) is 0.400. The normalized spacial score (nSPS) is 21.6. The molecule has 20 heavy (non-hydrogen) atoms. The second-order valence-corrected chi connectivity index (χ2v) is 7.61. The average molecular weight is 297 g/mol. The van der Waals surface area contributed by atoms with Crippen molar-refractivity contribution >= 4 is 9.84 Å². The number of aryl methyl sites for hydroxylation is 1. The number of hydrogen-bond acceptors (Lipinski definition) is 4. The highest BCUT2D eigenvalue weighted by Gasteiger charge is 2.21. The smallest absolute Gasteiger partial charge is 0.179 e. The van der Waals surface area contributed by atoms with Gasteiger partial charge in [0, 0.05) is 18.7 Å². The number of ether oxygens (including phenoxy) is 1. The maximum absolute atomic E-state index is 12.3. The third-order valence-electron chi connectivity index (χ3n) is 3.53. The number of benzene rings is 1. The molecule has 1 saturated heterocycles. The van der Waals surface area contributed by atoms with Crippen molar-refractivity contribution in [3.05, 3.63) is 29.8 Å². The maximum atomic E-state index is 12.3. The second kappa shape index (κ2) is 6.70. The molecule has 1 fully saturated rings. The first-order chi connectivity index (χ1) is 9.47. The van der Waals surface area contributed by atoms with Crippen molar-refractivity contribution in [2.75, 3.05) is 19.0 Å². The van der Waals surface area contributed by atoms with Crippen LogP contribution in [-0.4, -0.2) is 39.5 Å². The molecule has 0 amide bonds. The Labute approximate surface area is 121 Å². The monoisotopic (exact) mass is 297 g/mol. The van der Waals surface area contributed by atoms with Crippen molar-refractivity contribution < 1.29 is 13.2 Å². The number of hydrogen-bond donors (Lipinski definition) is 1. The van der Waals surface area contributed by atoms with Gasteiger partial charge in [-0.2, -0.15) is 0 Å². The summed E-state index contributed by atoms with van der Waals surface area (Å²) in [6, 6.07) is 7.22. The van der Waals surface area contributed by atoms with Crippen LogP contribution in [0.2, 0.25) is 0 Å². The van der Waals surface area contributed by atoms with E-state index in [2.05, 4.69) is 5.32 Å². The highest BCUT2D eigenvalue weighted by Crippen LogP contribution is 2.14. The van der Waals surface area contributed by atoms with E-state index in [4.69, 9.17) is 4.74 Å². The van der Waals surface area contributed by atoms with Gasteiger partial charge >= 0.3 is 0 Å². The Morgan fingerprint density at radius 3 is 2.65 bits per heavy atom. The zero-order chi connectivity index (χ0) is 14.6. The summed E-state index contributed by atoms with van der Waals surface area (Å²) >= 11 is 0. The Kier molecular flexibility index (Phi) is 5.18. The van der Waals surface area contributed by atoms with Gasteiger partial charge in [-0.1, -0.05) is 17.7 Å². The van der Waals surface area contributed by atoms with Crippen LogP contribution in [0.1, 0.15) is 25.3 Å². The van der Waals surface area contributed by atoms with E-state index in [9.17, 15) is 8.42 Å². The molecule has 1 aromatic carbocycles. The van der Waals surface area contributed by atoms with E-state index in [1.54, 1.807) is 12.1 Å². The number of nitrogens with one attached hydrogen (secondary N) is 1. The van der Waals surface area contributed by atoms with Crippen LogP contribution in [0.4, 0.5) is 0 Å². The first-order valence-electron chi connectivity index (χ1n) is 7.10. The number of sulfone groups is 1. The van der Waals surface area contributed by atoms with Crippen molar-refractivity contribution in [2.45, 2.75) is 43.7 Å². The van der Waals surface area contributed by atoms with Crippen LogP contribution in [-0.2, 0) is 14.6 Å². The van der Waals surface area contributed by atoms with Crippen LogP contribution in [0.3, 0.4) is 0 Å². The lowest BCUT2D eigenvalue weighted by Gasteiger charge is -2.26. The summed E-state index contributed by atoms with van der Waals surface area (Å²) in [6.07, 6.45) is 2.09. The molecule has 0 radical (unpaired) electrons. The van der Waals surface area contributed by atoms with Gasteiger partial charge in [-0.25, -0.2) is 8.42 Å². The van der Waals surface area contributed by atoms with Gasteiger partial charge in [-0.3, -0.25) is 0 Å². The van der Waals surface area contributed by atoms with Crippen LogP contribution in [0.15, 0.2) is 29.2 Å². The molecule has 0 saturated carbocycles. The van der Waals surface area contributed by atoms with Crippen molar-refractivity contribution in [3.63, 3.8) is 0 Å². The average Bonchev–Trinajstić information content (AvgIpc) is 2.39. The summed E-state index contributed by atoms with van der Waals surface area (Å²) in [7, 11) is -3.23. The Balaban J connectivity index is 1.95. The van der Waals surface area contributed by atoms with Crippen molar-refractivity contribution in [1.82, 2.24) is 5.32 Å². The SMILES string of the molecule is Cc1ccc(S(=O)(=O)C[C@@H](C)N[C@@H]2CCCOC2)cc1. The van der Waals surface area contributed by atoms with Crippen molar-refractivity contribution in [2.24, 2.45) is 0 Å². The summed E-state index contributed by atoms with van der Waals surface area (Å²) in [5.74, 6) is 0.118. The van der Waals surface area contributed by atoms with Crippen molar-refractivity contribution in [1.29, 1.82) is 0 Å². The van der Waals surface area contributed by atoms with E-state index in [1.165, 1.54) is 0 Å². The third kappa shape index (κ3) is 4.30. The first-order valence-corrected chi connectivity index (χ1v) is 8.76. The molecule has 0 bridgehead atoms. The molecule has 1 aromatic rings. The van der Waals surface area contributed by atoms with E-state index in [0.29, 0.717) is 11.5 Å².